The molecule has 1 amide bonds. The zero-order chi connectivity index (χ0) is 20.2. The molecule has 0 heterocycles. The SMILES string of the molecule is CCC(C)NS(=O)(=O)c1ccc(NC(=O)c2cccc([N+](=O)[O-])c2C)cc1. The number of carbonyl (C=O) groups excluding carboxylic acids is 1. The molecule has 0 aliphatic heterocycles. The third-order valence-electron chi connectivity index (χ3n) is 4.14. The van der Waals surface area contributed by atoms with Gasteiger partial charge in [-0.1, -0.05) is 13.0 Å². The first kappa shape index (κ1) is 20.5. The summed E-state index contributed by atoms with van der Waals surface area (Å²) in [5, 5.41) is 13.6. The van der Waals surface area contributed by atoms with Gasteiger partial charge in [0.1, 0.15) is 0 Å². The van der Waals surface area contributed by atoms with Crippen molar-refractivity contribution in [1.82, 2.24) is 4.72 Å². The molecule has 0 aromatic heterocycles. The number of amides is 1. The number of benzene rings is 2. The molecule has 0 aliphatic rings. The van der Waals surface area contributed by atoms with E-state index in [0.29, 0.717) is 12.1 Å². The van der Waals surface area contributed by atoms with E-state index in [2.05, 4.69) is 10.0 Å². The normalized spacial score (nSPS) is 12.4. The molecule has 0 radical (unpaired) electrons. The highest BCUT2D eigenvalue weighted by atomic mass is 32.2. The number of nitrogens with one attached hydrogen (secondary N) is 2. The number of sulfonamides is 1. The molecule has 0 saturated heterocycles. The monoisotopic (exact) mass is 391 g/mol. The summed E-state index contributed by atoms with van der Waals surface area (Å²) in [7, 11) is -3.63. The van der Waals surface area contributed by atoms with Gasteiger partial charge in [-0.15, -0.1) is 0 Å². The van der Waals surface area contributed by atoms with E-state index < -0.39 is 20.9 Å². The summed E-state index contributed by atoms with van der Waals surface area (Å²) >= 11 is 0. The Kier molecular flexibility index (Phi) is 6.29. The highest BCUT2D eigenvalue weighted by Gasteiger charge is 2.19. The lowest BCUT2D eigenvalue weighted by atomic mass is 10.1. The third-order valence-corrected chi connectivity index (χ3v) is 5.74. The Morgan fingerprint density at radius 1 is 1.19 bits per heavy atom. The van der Waals surface area contributed by atoms with Crippen LogP contribution in [0.2, 0.25) is 0 Å². The van der Waals surface area contributed by atoms with Crippen molar-refractivity contribution in [3.05, 3.63) is 63.7 Å². The van der Waals surface area contributed by atoms with Crippen LogP contribution in [0.3, 0.4) is 0 Å². The topological polar surface area (TPSA) is 118 Å². The lowest BCUT2D eigenvalue weighted by molar-refractivity contribution is -0.385. The van der Waals surface area contributed by atoms with E-state index in [1.54, 1.807) is 6.92 Å². The molecule has 9 heteroatoms. The minimum Gasteiger partial charge on any atom is -0.322 e. The van der Waals surface area contributed by atoms with E-state index >= 15 is 0 Å². The van der Waals surface area contributed by atoms with Gasteiger partial charge in [0, 0.05) is 28.9 Å². The maximum Gasteiger partial charge on any atom is 0.273 e. The van der Waals surface area contributed by atoms with Crippen LogP contribution in [-0.2, 0) is 10.0 Å². The van der Waals surface area contributed by atoms with Crippen molar-refractivity contribution in [2.75, 3.05) is 5.32 Å². The number of hydrogen-bond donors (Lipinski definition) is 2. The molecule has 1 unspecified atom stereocenters. The Bertz CT molecular complexity index is 955. The first-order valence-corrected chi connectivity index (χ1v) is 9.81. The van der Waals surface area contributed by atoms with E-state index in [4.69, 9.17) is 0 Å². The summed E-state index contributed by atoms with van der Waals surface area (Å²) in [5.74, 6) is -0.510. The van der Waals surface area contributed by atoms with Crippen LogP contribution >= 0.6 is 0 Å². The number of nitrogens with zero attached hydrogens (tertiary/aromatic N) is 1. The highest BCUT2D eigenvalue weighted by Crippen LogP contribution is 2.22. The van der Waals surface area contributed by atoms with Gasteiger partial charge in [-0.05, 0) is 50.6 Å². The molecule has 0 fully saturated rings. The zero-order valence-corrected chi connectivity index (χ0v) is 16.0. The standard InChI is InChI=1S/C18H21N3O5S/c1-4-12(2)20-27(25,26)15-10-8-14(9-11-15)19-18(22)16-6-5-7-17(13(16)3)21(23)24/h5-12,20H,4H2,1-3H3,(H,19,22). The molecule has 0 saturated carbocycles. The first-order valence-electron chi connectivity index (χ1n) is 8.33. The van der Waals surface area contributed by atoms with Crippen LogP contribution in [0.15, 0.2) is 47.4 Å². The Balaban J connectivity index is 2.19. The van der Waals surface area contributed by atoms with E-state index in [9.17, 15) is 23.3 Å². The first-order chi connectivity index (χ1) is 12.7. The molecule has 8 nitrogen and oxygen atoms in total. The predicted octanol–water partition coefficient (Wildman–Crippen LogP) is 3.23. The van der Waals surface area contributed by atoms with E-state index in [1.165, 1.54) is 49.4 Å². The van der Waals surface area contributed by atoms with Gasteiger partial charge in [0.2, 0.25) is 10.0 Å². The van der Waals surface area contributed by atoms with E-state index in [-0.39, 0.29) is 27.8 Å². The van der Waals surface area contributed by atoms with Crippen molar-refractivity contribution >= 4 is 27.3 Å². The minimum absolute atomic E-state index is 0.0901. The van der Waals surface area contributed by atoms with Crippen molar-refractivity contribution in [3.63, 3.8) is 0 Å². The highest BCUT2D eigenvalue weighted by molar-refractivity contribution is 7.89. The molecule has 1 atom stereocenters. The Morgan fingerprint density at radius 3 is 2.37 bits per heavy atom. The van der Waals surface area contributed by atoms with Gasteiger partial charge in [-0.2, -0.15) is 0 Å². The molecule has 2 aromatic rings. The zero-order valence-electron chi connectivity index (χ0n) is 15.2. The number of hydrogen-bond acceptors (Lipinski definition) is 5. The lowest BCUT2D eigenvalue weighted by Crippen LogP contribution is -2.31. The van der Waals surface area contributed by atoms with Crippen molar-refractivity contribution in [3.8, 4) is 0 Å². The van der Waals surface area contributed by atoms with Gasteiger partial charge in [-0.3, -0.25) is 14.9 Å². The van der Waals surface area contributed by atoms with Gasteiger partial charge in [0.05, 0.1) is 9.82 Å². The summed E-state index contributed by atoms with van der Waals surface area (Å²) in [6.45, 7) is 5.15. The second-order valence-corrected chi connectivity index (χ2v) is 7.83. The number of nitro benzene ring substituents is 1. The van der Waals surface area contributed by atoms with Gasteiger partial charge in [0.25, 0.3) is 11.6 Å². The Morgan fingerprint density at radius 2 is 1.81 bits per heavy atom. The summed E-state index contributed by atoms with van der Waals surface area (Å²) in [6.07, 6.45) is 0.663. The van der Waals surface area contributed by atoms with Crippen LogP contribution in [0.25, 0.3) is 0 Å². The number of nitro groups is 1. The fourth-order valence-electron chi connectivity index (χ4n) is 2.40. The maximum atomic E-state index is 12.4. The number of carbonyl (C=O) groups is 1. The molecule has 0 bridgehead atoms. The van der Waals surface area contributed by atoms with Crippen molar-refractivity contribution < 1.29 is 18.1 Å². The molecule has 0 spiro atoms. The van der Waals surface area contributed by atoms with E-state index in [0.717, 1.165) is 0 Å². The van der Waals surface area contributed by atoms with Gasteiger partial charge >= 0.3 is 0 Å². The average Bonchev–Trinajstić information content (AvgIpc) is 2.61. The molecule has 2 N–H and O–H groups in total. The largest absolute Gasteiger partial charge is 0.322 e. The maximum absolute atomic E-state index is 12.4. The van der Waals surface area contributed by atoms with Crippen molar-refractivity contribution in [2.24, 2.45) is 0 Å². The van der Waals surface area contributed by atoms with Gasteiger partial charge in [0.15, 0.2) is 0 Å². The van der Waals surface area contributed by atoms with Crippen LogP contribution in [0.1, 0.15) is 36.2 Å². The summed E-state index contributed by atoms with van der Waals surface area (Å²) < 4.78 is 27.0. The van der Waals surface area contributed by atoms with Crippen LogP contribution in [0, 0.1) is 17.0 Å². The van der Waals surface area contributed by atoms with Crippen LogP contribution in [0.5, 0.6) is 0 Å². The van der Waals surface area contributed by atoms with E-state index in [1.807, 2.05) is 6.92 Å². The summed E-state index contributed by atoms with van der Waals surface area (Å²) in [4.78, 5) is 23.0. The van der Waals surface area contributed by atoms with Crippen molar-refractivity contribution in [1.29, 1.82) is 0 Å². The fraction of sp³-hybridized carbons (Fsp3) is 0.278. The minimum atomic E-state index is -3.63. The Labute approximate surface area is 157 Å². The van der Waals surface area contributed by atoms with Crippen LogP contribution in [0.4, 0.5) is 11.4 Å². The quantitative estimate of drug-likeness (QED) is 0.555. The number of anilines is 1. The summed E-state index contributed by atoms with van der Waals surface area (Å²) in [5.41, 5.74) is 0.685. The molecule has 144 valence electrons. The second kappa shape index (κ2) is 8.28. The van der Waals surface area contributed by atoms with Gasteiger partial charge < -0.3 is 5.32 Å². The molecule has 0 aliphatic carbocycles. The second-order valence-electron chi connectivity index (χ2n) is 6.12. The predicted molar refractivity (Wildman–Crippen MR) is 102 cm³/mol. The molecule has 27 heavy (non-hydrogen) atoms. The van der Waals surface area contributed by atoms with Crippen molar-refractivity contribution in [2.45, 2.75) is 38.1 Å². The Hall–Kier alpha value is -2.78. The molecule has 2 rings (SSSR count). The molecule has 2 aromatic carbocycles. The molecular formula is C18H21N3O5S. The average molecular weight is 391 g/mol. The smallest absolute Gasteiger partial charge is 0.273 e. The fourth-order valence-corrected chi connectivity index (χ4v) is 3.73. The number of rotatable bonds is 7. The van der Waals surface area contributed by atoms with Gasteiger partial charge in [-0.25, -0.2) is 13.1 Å². The molecular weight excluding hydrogens is 370 g/mol. The van der Waals surface area contributed by atoms with Crippen LogP contribution in [-0.4, -0.2) is 25.3 Å². The third kappa shape index (κ3) is 4.89. The summed E-state index contributed by atoms with van der Waals surface area (Å²) in [6, 6.07) is 9.79. The lowest BCUT2D eigenvalue weighted by Gasteiger charge is -2.13. The van der Waals surface area contributed by atoms with Crippen LogP contribution < -0.4 is 10.0 Å².